The van der Waals surface area contributed by atoms with Gasteiger partial charge in [-0.15, -0.1) is 0 Å². The number of ether oxygens (including phenoxy) is 1. The van der Waals surface area contributed by atoms with E-state index in [4.69, 9.17) is 13.8 Å². The Balaban J connectivity index is 0.00000840. The maximum Gasteiger partial charge on any atom is 1.00 e. The van der Waals surface area contributed by atoms with Crippen molar-refractivity contribution in [1.82, 2.24) is 9.55 Å². The molecule has 0 amide bonds. The Bertz CT molecular complexity index is 959. The zero-order chi connectivity index (χ0) is 29.1. The van der Waals surface area contributed by atoms with E-state index in [1.54, 1.807) is 0 Å². The molecule has 1 aliphatic heterocycles. The summed E-state index contributed by atoms with van der Waals surface area (Å²) in [7, 11) is -4.61. The van der Waals surface area contributed by atoms with Crippen molar-refractivity contribution in [2.45, 2.75) is 147 Å². The van der Waals surface area contributed by atoms with Crippen LogP contribution in [0, 0.1) is 0 Å². The molecule has 0 saturated carbocycles. The quantitative estimate of drug-likeness (QED) is 0.103. The minimum absolute atomic E-state index is 0. The molecule has 232 valence electrons. The number of hydrogen-bond donors (Lipinski definition) is 2. The van der Waals surface area contributed by atoms with Crippen molar-refractivity contribution in [1.29, 1.82) is 0 Å². The summed E-state index contributed by atoms with van der Waals surface area (Å²) in [5.74, 6) is 0. The van der Waals surface area contributed by atoms with Gasteiger partial charge in [-0.2, -0.15) is 0 Å². The Hall–Kier alpha value is -0.290. The first-order valence-corrected chi connectivity index (χ1v) is 17.0. The Morgan fingerprint density at radius 1 is 0.927 bits per heavy atom. The molecule has 1 aromatic heterocycles. The second kappa shape index (κ2) is 23.1. The van der Waals surface area contributed by atoms with E-state index in [0.717, 1.165) is 29.9 Å². The Kier molecular flexibility index (Phi) is 21.9. The molecule has 1 aromatic rings. The molecule has 1 saturated heterocycles. The van der Waals surface area contributed by atoms with Crippen molar-refractivity contribution >= 4 is 7.82 Å². The summed E-state index contributed by atoms with van der Waals surface area (Å²) >= 11 is 0. The largest absolute Gasteiger partial charge is 1.00 e. The molecule has 41 heavy (non-hydrogen) atoms. The number of aliphatic hydroxyl groups excluding tert-OH is 1. The van der Waals surface area contributed by atoms with Crippen LogP contribution in [0.4, 0.5) is 0 Å². The van der Waals surface area contributed by atoms with Crippen molar-refractivity contribution in [3.63, 3.8) is 0 Å². The first kappa shape index (κ1) is 38.7. The summed E-state index contributed by atoms with van der Waals surface area (Å²) < 4.78 is 29.2. The van der Waals surface area contributed by atoms with Gasteiger partial charge in [0.2, 0.25) is 0 Å². The molecule has 2 rings (SSSR count). The minimum atomic E-state index is -4.61. The number of hydrogen-bond acceptors (Lipinski definition) is 8. The Morgan fingerprint density at radius 3 is 1.88 bits per heavy atom. The first-order chi connectivity index (χ1) is 19.4. The molecule has 10 nitrogen and oxygen atoms in total. The molecule has 1 fully saturated rings. The summed E-state index contributed by atoms with van der Waals surface area (Å²) in [6, 6.07) is 1.16. The van der Waals surface area contributed by atoms with Crippen molar-refractivity contribution in [3.8, 4) is 0 Å². The van der Waals surface area contributed by atoms with Gasteiger partial charge >= 0.3 is 35.2 Å². The number of aromatic amines is 1. The van der Waals surface area contributed by atoms with E-state index < -0.39 is 44.1 Å². The zero-order valence-electron chi connectivity index (χ0n) is 25.4. The molecule has 0 aromatic carbocycles. The third-order valence-electron chi connectivity index (χ3n) is 7.53. The van der Waals surface area contributed by atoms with Crippen LogP contribution in [-0.4, -0.2) is 40.1 Å². The van der Waals surface area contributed by atoms with Gasteiger partial charge in [-0.25, -0.2) is 4.79 Å². The number of aliphatic hydroxyl groups is 1. The molecule has 2 N–H and O–H groups in total. The van der Waals surface area contributed by atoms with Crippen molar-refractivity contribution in [2.75, 3.05) is 13.2 Å². The average Bonchev–Trinajstić information content (AvgIpc) is 3.31. The van der Waals surface area contributed by atoms with Crippen LogP contribution in [0.5, 0.6) is 0 Å². The second-order valence-corrected chi connectivity index (χ2v) is 12.4. The van der Waals surface area contributed by atoms with Crippen LogP contribution in [0.1, 0.15) is 135 Å². The molecule has 0 bridgehead atoms. The molecule has 12 heteroatoms. The standard InChI is InChI=1S/C29H53N2O8P.Na/c1-2-3-4-5-6-7-8-9-10-11-12-13-14-15-16-17-18-19-22-37-40(35,36)39-25-23-28(38-26(25)24-32)31-21-20-27(33)30-29(31)34;/h20-21,25-26,28,32H,2-19,22-24H2,1H3,(H,35,36)(H,30,33,34);/q;+1/p-1. The first-order valence-electron chi connectivity index (χ1n) is 15.6. The summed E-state index contributed by atoms with van der Waals surface area (Å²) in [5, 5.41) is 9.57. The number of unbranched alkanes of at least 4 members (excludes halogenated alkanes) is 17. The van der Waals surface area contributed by atoms with Crippen LogP contribution in [0.3, 0.4) is 0 Å². The van der Waals surface area contributed by atoms with Crippen molar-refractivity contribution in [3.05, 3.63) is 33.1 Å². The van der Waals surface area contributed by atoms with Crippen LogP contribution in [-0.2, 0) is 18.3 Å². The smallest absolute Gasteiger partial charge is 0.756 e. The molecular formula is C29H52N2NaO8P. The second-order valence-electron chi connectivity index (χ2n) is 11.0. The van der Waals surface area contributed by atoms with Gasteiger partial charge in [-0.05, 0) is 6.42 Å². The molecule has 4 atom stereocenters. The van der Waals surface area contributed by atoms with E-state index >= 15 is 0 Å². The van der Waals surface area contributed by atoms with Gasteiger partial charge in [0.15, 0.2) is 0 Å². The number of aromatic nitrogens is 2. The van der Waals surface area contributed by atoms with Crippen molar-refractivity contribution in [2.24, 2.45) is 0 Å². The van der Waals surface area contributed by atoms with E-state index in [-0.39, 0.29) is 42.6 Å². The van der Waals surface area contributed by atoms with Crippen LogP contribution in [0.15, 0.2) is 21.9 Å². The number of nitrogens with zero attached hydrogens (tertiary/aromatic N) is 1. The Morgan fingerprint density at radius 2 is 1.41 bits per heavy atom. The predicted molar refractivity (Wildman–Crippen MR) is 154 cm³/mol. The topological polar surface area (TPSA) is 143 Å². The number of phosphoric ester groups is 1. The predicted octanol–water partition coefficient (Wildman–Crippen LogP) is 2.73. The molecule has 2 heterocycles. The molecule has 1 aliphatic rings. The van der Waals surface area contributed by atoms with Gasteiger partial charge in [0, 0.05) is 18.7 Å². The SMILES string of the molecule is CCCCCCCCCCCCCCCCCCCCOP(=O)([O-])OC1CC(n2ccc(=O)[nH]c2=O)OC1CO.[Na+]. The van der Waals surface area contributed by atoms with Gasteiger partial charge < -0.3 is 23.8 Å². The van der Waals surface area contributed by atoms with E-state index in [0.29, 0.717) is 6.42 Å². The fourth-order valence-electron chi connectivity index (χ4n) is 5.18. The van der Waals surface area contributed by atoms with Gasteiger partial charge in [-0.3, -0.25) is 18.9 Å². The average molecular weight is 611 g/mol. The molecular weight excluding hydrogens is 558 g/mol. The van der Waals surface area contributed by atoms with Gasteiger partial charge in [0.1, 0.15) is 12.3 Å². The maximum atomic E-state index is 12.3. The van der Waals surface area contributed by atoms with Gasteiger partial charge in [-0.1, -0.05) is 116 Å². The number of H-pyrrole nitrogens is 1. The normalized spacial score (nSPS) is 20.1. The van der Waals surface area contributed by atoms with E-state index in [1.807, 2.05) is 0 Å². The monoisotopic (exact) mass is 610 g/mol. The van der Waals surface area contributed by atoms with Crippen LogP contribution >= 0.6 is 7.82 Å². The third kappa shape index (κ3) is 17.0. The van der Waals surface area contributed by atoms with E-state index in [1.165, 1.54) is 96.1 Å². The maximum absolute atomic E-state index is 12.3. The van der Waals surface area contributed by atoms with Crippen LogP contribution in [0.2, 0.25) is 0 Å². The third-order valence-corrected chi connectivity index (χ3v) is 8.56. The van der Waals surface area contributed by atoms with E-state index in [2.05, 4.69) is 11.9 Å². The zero-order valence-corrected chi connectivity index (χ0v) is 28.3. The Labute approximate surface area is 267 Å². The number of nitrogens with one attached hydrogen (secondary N) is 1. The van der Waals surface area contributed by atoms with Crippen LogP contribution < -0.4 is 45.7 Å². The number of rotatable bonds is 24. The molecule has 0 radical (unpaired) electrons. The molecule has 0 spiro atoms. The minimum Gasteiger partial charge on any atom is -0.756 e. The summed E-state index contributed by atoms with van der Waals surface area (Å²) in [5.41, 5.74) is -1.24. The van der Waals surface area contributed by atoms with Gasteiger partial charge in [0.05, 0.1) is 19.3 Å². The van der Waals surface area contributed by atoms with Gasteiger partial charge in [0.25, 0.3) is 13.4 Å². The van der Waals surface area contributed by atoms with Crippen LogP contribution in [0.25, 0.3) is 0 Å². The summed E-state index contributed by atoms with van der Waals surface area (Å²) in [4.78, 5) is 37.7. The fraction of sp³-hybridized carbons (Fsp3) is 0.862. The van der Waals surface area contributed by atoms with E-state index in [9.17, 15) is 24.2 Å². The molecule has 4 unspecified atom stereocenters. The van der Waals surface area contributed by atoms with Crippen molar-refractivity contribution < 1.29 is 57.9 Å². The number of phosphoric acid groups is 1. The fourth-order valence-corrected chi connectivity index (χ4v) is 6.14. The summed E-state index contributed by atoms with van der Waals surface area (Å²) in [6.45, 7) is 1.82. The summed E-state index contributed by atoms with van der Waals surface area (Å²) in [6.07, 6.45) is 21.1. The molecule has 0 aliphatic carbocycles.